The standard InChI is InChI=1S/C15H21BrO3.H2S/c1-10(2)14(17)6-4-5-11-7-8-12(9-13(11)16)15(18)19-3;/h7-10,14,17H,4-6H2,1-3H3;1H2/t14-;/m0./s1. The van der Waals surface area contributed by atoms with Gasteiger partial charge in [0.15, 0.2) is 0 Å². The summed E-state index contributed by atoms with van der Waals surface area (Å²) in [5.74, 6) is -0.0346. The van der Waals surface area contributed by atoms with E-state index in [0.717, 1.165) is 29.3 Å². The van der Waals surface area contributed by atoms with E-state index in [1.165, 1.54) is 7.11 Å². The highest BCUT2D eigenvalue weighted by Crippen LogP contribution is 2.22. The molecule has 1 aromatic rings. The van der Waals surface area contributed by atoms with Gasteiger partial charge < -0.3 is 9.84 Å². The Morgan fingerprint density at radius 1 is 1.40 bits per heavy atom. The molecule has 0 saturated carbocycles. The zero-order valence-electron chi connectivity index (χ0n) is 12.1. The summed E-state index contributed by atoms with van der Waals surface area (Å²) >= 11 is 3.47. The number of methoxy groups -OCH3 is 1. The third kappa shape index (κ3) is 5.85. The minimum atomic E-state index is -0.331. The van der Waals surface area contributed by atoms with Crippen molar-refractivity contribution in [2.45, 2.75) is 39.2 Å². The van der Waals surface area contributed by atoms with E-state index in [1.54, 1.807) is 12.1 Å². The van der Waals surface area contributed by atoms with Crippen LogP contribution in [0.5, 0.6) is 0 Å². The second-order valence-electron chi connectivity index (χ2n) is 5.00. The third-order valence-electron chi connectivity index (χ3n) is 3.19. The molecule has 0 fully saturated rings. The molecule has 3 nitrogen and oxygen atoms in total. The van der Waals surface area contributed by atoms with Crippen LogP contribution < -0.4 is 0 Å². The lowest BCUT2D eigenvalue weighted by Crippen LogP contribution is -2.14. The molecule has 0 saturated heterocycles. The van der Waals surface area contributed by atoms with Gasteiger partial charge >= 0.3 is 5.97 Å². The van der Waals surface area contributed by atoms with E-state index >= 15 is 0 Å². The molecule has 0 amide bonds. The Morgan fingerprint density at radius 3 is 2.55 bits per heavy atom. The normalized spacial score (nSPS) is 11.9. The summed E-state index contributed by atoms with van der Waals surface area (Å²) in [4.78, 5) is 11.4. The number of rotatable bonds is 6. The molecular formula is C15H23BrO3S. The predicted molar refractivity (Wildman–Crippen MR) is 89.6 cm³/mol. The van der Waals surface area contributed by atoms with Crippen LogP contribution in [-0.2, 0) is 11.2 Å². The van der Waals surface area contributed by atoms with Crippen LogP contribution in [0.1, 0.15) is 42.6 Å². The monoisotopic (exact) mass is 362 g/mol. The Balaban J connectivity index is 0.00000361. The number of carbonyl (C=O) groups excluding carboxylic acids is 1. The largest absolute Gasteiger partial charge is 0.465 e. The van der Waals surface area contributed by atoms with Crippen molar-refractivity contribution in [1.29, 1.82) is 0 Å². The van der Waals surface area contributed by atoms with Crippen LogP contribution in [0, 0.1) is 5.92 Å². The van der Waals surface area contributed by atoms with Gasteiger partial charge in [0.1, 0.15) is 0 Å². The number of hydrogen-bond acceptors (Lipinski definition) is 3. The Hall–Kier alpha value is -0.520. The van der Waals surface area contributed by atoms with E-state index in [1.807, 2.05) is 19.9 Å². The van der Waals surface area contributed by atoms with Crippen molar-refractivity contribution in [1.82, 2.24) is 0 Å². The quantitative estimate of drug-likeness (QED) is 0.785. The minimum Gasteiger partial charge on any atom is -0.465 e. The molecule has 0 radical (unpaired) electrons. The number of esters is 1. The molecule has 1 atom stereocenters. The van der Waals surface area contributed by atoms with Gasteiger partial charge in [0.25, 0.3) is 0 Å². The molecule has 0 aliphatic heterocycles. The Kier molecular flexibility index (Phi) is 9.18. The lowest BCUT2D eigenvalue weighted by Gasteiger charge is -2.14. The number of aliphatic hydroxyl groups excluding tert-OH is 1. The van der Waals surface area contributed by atoms with E-state index < -0.39 is 0 Å². The summed E-state index contributed by atoms with van der Waals surface area (Å²) in [7, 11) is 1.37. The van der Waals surface area contributed by atoms with Crippen LogP contribution in [0.4, 0.5) is 0 Å². The molecule has 1 rings (SSSR count). The Labute approximate surface area is 136 Å². The molecular weight excluding hydrogens is 340 g/mol. The number of aryl methyl sites for hydroxylation is 1. The molecule has 0 aromatic heterocycles. The molecule has 0 spiro atoms. The maximum atomic E-state index is 11.4. The van der Waals surface area contributed by atoms with Crippen LogP contribution in [0.2, 0.25) is 0 Å². The van der Waals surface area contributed by atoms with Gasteiger partial charge in [0.2, 0.25) is 0 Å². The summed E-state index contributed by atoms with van der Waals surface area (Å²) in [6.45, 7) is 4.04. The van der Waals surface area contributed by atoms with Gasteiger partial charge in [0.05, 0.1) is 18.8 Å². The summed E-state index contributed by atoms with van der Waals surface area (Å²) in [6, 6.07) is 5.48. The fourth-order valence-electron chi connectivity index (χ4n) is 1.83. The maximum Gasteiger partial charge on any atom is 0.337 e. The number of hydrogen-bond donors (Lipinski definition) is 1. The highest BCUT2D eigenvalue weighted by Gasteiger charge is 2.11. The molecule has 0 bridgehead atoms. The van der Waals surface area contributed by atoms with Crippen LogP contribution in [0.3, 0.4) is 0 Å². The first-order valence-electron chi connectivity index (χ1n) is 6.50. The third-order valence-corrected chi connectivity index (χ3v) is 3.93. The molecule has 114 valence electrons. The summed E-state index contributed by atoms with van der Waals surface area (Å²) in [6.07, 6.45) is 2.36. The van der Waals surface area contributed by atoms with E-state index in [-0.39, 0.29) is 25.6 Å². The first-order chi connectivity index (χ1) is 8.95. The van der Waals surface area contributed by atoms with Crippen molar-refractivity contribution in [3.63, 3.8) is 0 Å². The highest BCUT2D eigenvalue weighted by atomic mass is 79.9. The van der Waals surface area contributed by atoms with Crippen LogP contribution in [0.25, 0.3) is 0 Å². The van der Waals surface area contributed by atoms with Gasteiger partial charge in [-0.15, -0.1) is 0 Å². The van der Waals surface area contributed by atoms with E-state index in [0.29, 0.717) is 11.5 Å². The first-order valence-corrected chi connectivity index (χ1v) is 7.29. The maximum absolute atomic E-state index is 11.4. The Bertz CT molecular complexity index is 435. The predicted octanol–water partition coefficient (Wildman–Crippen LogP) is 3.69. The molecule has 5 heteroatoms. The Morgan fingerprint density at radius 2 is 2.05 bits per heavy atom. The van der Waals surface area contributed by atoms with Crippen molar-refractivity contribution in [3.05, 3.63) is 33.8 Å². The molecule has 0 unspecified atom stereocenters. The van der Waals surface area contributed by atoms with Gasteiger partial charge in [0, 0.05) is 4.47 Å². The van der Waals surface area contributed by atoms with Crippen molar-refractivity contribution in [2.75, 3.05) is 7.11 Å². The summed E-state index contributed by atoms with van der Waals surface area (Å²) in [5.41, 5.74) is 1.68. The average molecular weight is 363 g/mol. The zero-order chi connectivity index (χ0) is 14.4. The zero-order valence-corrected chi connectivity index (χ0v) is 14.7. The number of benzene rings is 1. The number of carbonyl (C=O) groups is 1. The second kappa shape index (κ2) is 9.42. The average Bonchev–Trinajstić information content (AvgIpc) is 2.39. The molecule has 0 aliphatic carbocycles. The second-order valence-corrected chi connectivity index (χ2v) is 5.86. The van der Waals surface area contributed by atoms with Crippen LogP contribution in [-0.4, -0.2) is 24.3 Å². The lowest BCUT2D eigenvalue weighted by molar-refractivity contribution is 0.0600. The van der Waals surface area contributed by atoms with Crippen molar-refractivity contribution < 1.29 is 14.6 Å². The van der Waals surface area contributed by atoms with E-state index in [2.05, 4.69) is 20.7 Å². The summed E-state index contributed by atoms with van der Waals surface area (Å²) in [5, 5.41) is 9.75. The fraction of sp³-hybridized carbons (Fsp3) is 0.533. The lowest BCUT2D eigenvalue weighted by atomic mass is 9.99. The molecule has 0 aliphatic rings. The highest BCUT2D eigenvalue weighted by molar-refractivity contribution is 9.10. The van der Waals surface area contributed by atoms with Crippen LogP contribution in [0.15, 0.2) is 22.7 Å². The SMILES string of the molecule is COC(=O)c1ccc(CCC[C@H](O)C(C)C)c(Br)c1.S. The molecule has 1 N–H and O–H groups in total. The minimum absolute atomic E-state index is 0. The first kappa shape index (κ1) is 19.5. The van der Waals surface area contributed by atoms with Crippen molar-refractivity contribution in [3.8, 4) is 0 Å². The molecule has 20 heavy (non-hydrogen) atoms. The van der Waals surface area contributed by atoms with Gasteiger partial charge in [-0.3, -0.25) is 0 Å². The van der Waals surface area contributed by atoms with Gasteiger partial charge in [-0.2, -0.15) is 13.5 Å². The number of halogens is 1. The smallest absolute Gasteiger partial charge is 0.337 e. The topological polar surface area (TPSA) is 46.5 Å². The number of ether oxygens (including phenoxy) is 1. The van der Waals surface area contributed by atoms with Gasteiger partial charge in [-0.25, -0.2) is 4.79 Å². The van der Waals surface area contributed by atoms with Crippen molar-refractivity contribution >= 4 is 35.4 Å². The fourth-order valence-corrected chi connectivity index (χ4v) is 2.41. The van der Waals surface area contributed by atoms with E-state index in [4.69, 9.17) is 0 Å². The van der Waals surface area contributed by atoms with Crippen molar-refractivity contribution in [2.24, 2.45) is 5.92 Å². The van der Waals surface area contributed by atoms with Gasteiger partial charge in [-0.05, 0) is 42.9 Å². The summed E-state index contributed by atoms with van der Waals surface area (Å²) < 4.78 is 5.59. The van der Waals surface area contributed by atoms with Gasteiger partial charge in [-0.1, -0.05) is 35.8 Å². The van der Waals surface area contributed by atoms with E-state index in [9.17, 15) is 9.90 Å². The number of aliphatic hydroxyl groups is 1. The van der Waals surface area contributed by atoms with Crippen LogP contribution >= 0.6 is 29.4 Å². The molecule has 1 aromatic carbocycles. The molecule has 0 heterocycles.